The van der Waals surface area contributed by atoms with Gasteiger partial charge in [-0.1, -0.05) is 13.2 Å². The van der Waals surface area contributed by atoms with E-state index in [1.807, 2.05) is 11.9 Å². The van der Waals surface area contributed by atoms with E-state index in [0.29, 0.717) is 30.7 Å². The minimum atomic E-state index is -4.72. The fourth-order valence-electron chi connectivity index (χ4n) is 6.94. The molecule has 0 radical (unpaired) electrons. The van der Waals surface area contributed by atoms with Crippen molar-refractivity contribution in [3.8, 4) is 5.75 Å². The number of hydrogen-bond acceptors (Lipinski definition) is 10. The number of likely N-dealkylation sites (N-methyl/N-ethyl adjacent to an activating group) is 1. The summed E-state index contributed by atoms with van der Waals surface area (Å²) in [6.07, 6.45) is -0.338. The Kier molecular flexibility index (Phi) is 9.62. The van der Waals surface area contributed by atoms with Gasteiger partial charge in [-0.05, 0) is 69.5 Å². The number of likely N-dealkylation sites (tertiary alicyclic amines) is 1. The third kappa shape index (κ3) is 7.15. The number of aliphatic hydroxyl groups is 2. The summed E-state index contributed by atoms with van der Waals surface area (Å²) in [4.78, 5) is 4.21. The van der Waals surface area contributed by atoms with Crippen LogP contribution in [0.3, 0.4) is 0 Å². The predicted molar refractivity (Wildman–Crippen MR) is 157 cm³/mol. The number of nitrogens with two attached hydrogens (primary N) is 1. The molecule has 238 valence electrons. The van der Waals surface area contributed by atoms with Crippen molar-refractivity contribution in [3.63, 3.8) is 0 Å². The molecule has 3 fully saturated rings. The molecule has 0 aromatic heterocycles. The van der Waals surface area contributed by atoms with Crippen LogP contribution in [0.15, 0.2) is 49.4 Å². The van der Waals surface area contributed by atoms with Crippen LogP contribution in [0.5, 0.6) is 5.75 Å². The van der Waals surface area contributed by atoms with Crippen molar-refractivity contribution in [1.82, 2.24) is 15.1 Å². The molecule has 8 atom stereocenters. The minimum absolute atomic E-state index is 0.0403. The average molecular weight is 609 g/mol. The Morgan fingerprint density at radius 3 is 2.70 bits per heavy atom. The summed E-state index contributed by atoms with van der Waals surface area (Å²) >= 11 is 0. The van der Waals surface area contributed by atoms with Crippen molar-refractivity contribution in [2.75, 3.05) is 30.8 Å². The van der Waals surface area contributed by atoms with Gasteiger partial charge in [0.15, 0.2) is 0 Å². The molecule has 4 unspecified atom stereocenters. The van der Waals surface area contributed by atoms with Crippen LogP contribution in [-0.4, -0.2) is 95.5 Å². The van der Waals surface area contributed by atoms with Gasteiger partial charge in [-0.3, -0.25) is 4.90 Å². The summed E-state index contributed by atoms with van der Waals surface area (Å²) in [5.74, 6) is 0.320. The number of aliphatic hydroxyl groups excluding tert-OH is 2. The first-order chi connectivity index (χ1) is 20.5. The molecule has 0 bridgehead atoms. The topological polar surface area (TPSA) is 128 Å². The molecule has 3 heterocycles. The molecular formula is C30H43F3N6O4. The zero-order valence-corrected chi connectivity index (χ0v) is 24.3. The van der Waals surface area contributed by atoms with Crippen molar-refractivity contribution < 1.29 is 32.9 Å². The van der Waals surface area contributed by atoms with Gasteiger partial charge in [0, 0.05) is 37.2 Å². The Hall–Kier alpha value is -2.77. The number of rotatable bonds is 12. The third-order valence-corrected chi connectivity index (χ3v) is 9.29. The van der Waals surface area contributed by atoms with Crippen molar-refractivity contribution in [2.45, 2.75) is 87.4 Å². The second-order valence-electron chi connectivity index (χ2n) is 12.1. The molecule has 1 saturated carbocycles. The second-order valence-corrected chi connectivity index (χ2v) is 12.1. The van der Waals surface area contributed by atoms with Crippen LogP contribution in [0.2, 0.25) is 0 Å². The zero-order chi connectivity index (χ0) is 30.9. The van der Waals surface area contributed by atoms with Crippen molar-refractivity contribution >= 4 is 11.4 Å². The lowest BCUT2D eigenvalue weighted by Crippen LogP contribution is -2.54. The van der Waals surface area contributed by atoms with Gasteiger partial charge >= 0.3 is 6.36 Å². The maximum atomic E-state index is 12.5. The van der Waals surface area contributed by atoms with E-state index in [2.05, 4.69) is 44.5 Å². The van der Waals surface area contributed by atoms with E-state index in [1.54, 1.807) is 18.3 Å². The highest BCUT2D eigenvalue weighted by Gasteiger charge is 2.51. The van der Waals surface area contributed by atoms with Gasteiger partial charge in [0.2, 0.25) is 0 Å². The van der Waals surface area contributed by atoms with E-state index >= 15 is 0 Å². The van der Waals surface area contributed by atoms with E-state index in [1.165, 1.54) is 12.1 Å². The molecule has 43 heavy (non-hydrogen) atoms. The summed E-state index contributed by atoms with van der Waals surface area (Å²) < 4.78 is 47.9. The van der Waals surface area contributed by atoms with Crippen molar-refractivity contribution in [1.29, 1.82) is 0 Å². The Morgan fingerprint density at radius 2 is 2.00 bits per heavy atom. The van der Waals surface area contributed by atoms with E-state index in [4.69, 9.17) is 10.5 Å². The van der Waals surface area contributed by atoms with Crippen LogP contribution in [-0.2, 0) is 4.74 Å². The highest BCUT2D eigenvalue weighted by Crippen LogP contribution is 2.39. The maximum Gasteiger partial charge on any atom is 0.573 e. The summed E-state index contributed by atoms with van der Waals surface area (Å²) in [7, 11) is 2.02. The first-order valence-electron chi connectivity index (χ1n) is 14.9. The standard InChI is InChI=1S/C30H43F3N6O4/c1-4-6-21(34)20-11-12-39(28(20)35-5-2)29-27(41)26(40)24(42-29)16-38(3)18-13-17(14-18)7-10-25-36-22-9-8-19(15-23(22)37-25)43-30(31,32)33/h5-6,8-9,15,17-18,20-21,24-29,35-37,40-41H,1-2,7,10-14,16,34H2,3H3/t17?,18?,20?,21?,24-,25?,26-,27-,28?,29-/m1/s1. The van der Waals surface area contributed by atoms with Gasteiger partial charge in [0.25, 0.3) is 0 Å². The fourth-order valence-corrected chi connectivity index (χ4v) is 6.94. The molecule has 4 aliphatic rings. The lowest BCUT2D eigenvalue weighted by atomic mass is 9.76. The Morgan fingerprint density at radius 1 is 1.26 bits per heavy atom. The molecule has 10 nitrogen and oxygen atoms in total. The molecule has 1 aromatic carbocycles. The number of ether oxygens (including phenoxy) is 2. The Balaban J connectivity index is 1.06. The normalized spacial score (nSPS) is 34.5. The van der Waals surface area contributed by atoms with Gasteiger partial charge in [-0.25, -0.2) is 0 Å². The largest absolute Gasteiger partial charge is 0.573 e. The summed E-state index contributed by atoms with van der Waals surface area (Å²) in [6.45, 7) is 8.55. The maximum absolute atomic E-state index is 12.5. The number of hydrogen-bond donors (Lipinski definition) is 6. The van der Waals surface area contributed by atoms with Crippen LogP contribution in [0, 0.1) is 11.8 Å². The molecule has 3 aliphatic heterocycles. The quantitative estimate of drug-likeness (QED) is 0.197. The minimum Gasteiger partial charge on any atom is -0.406 e. The Bertz CT molecular complexity index is 1180. The van der Waals surface area contributed by atoms with Crippen LogP contribution in [0.1, 0.15) is 32.1 Å². The molecule has 0 spiro atoms. The molecule has 7 N–H and O–H groups in total. The highest BCUT2D eigenvalue weighted by atomic mass is 19.4. The number of anilines is 2. The summed E-state index contributed by atoms with van der Waals surface area (Å²) in [6, 6.07) is 4.33. The number of halogens is 3. The SMILES string of the molecule is C=C=CC(N)C1CCN([C@@H]2O[C@H](CN(C)C3CC(CCC4Nc5ccc(OC(F)(F)F)cc5N4)C3)[C@@H](O)[C@H]2O)C1NC=C. The molecule has 2 saturated heterocycles. The number of alkyl halides is 3. The lowest BCUT2D eigenvalue weighted by molar-refractivity contribution is -0.274. The van der Waals surface area contributed by atoms with Gasteiger partial charge in [-0.15, -0.1) is 18.9 Å². The number of nitrogens with one attached hydrogen (secondary N) is 3. The number of benzene rings is 1. The number of nitrogens with zero attached hydrogens (tertiary/aromatic N) is 2. The first-order valence-corrected chi connectivity index (χ1v) is 14.9. The highest BCUT2D eigenvalue weighted by molar-refractivity contribution is 5.75. The zero-order valence-electron chi connectivity index (χ0n) is 24.3. The second kappa shape index (κ2) is 13.1. The van der Waals surface area contributed by atoms with E-state index in [0.717, 1.165) is 37.8 Å². The molecule has 1 aliphatic carbocycles. The van der Waals surface area contributed by atoms with Crippen LogP contribution in [0.25, 0.3) is 0 Å². The van der Waals surface area contributed by atoms with Gasteiger partial charge in [-0.2, -0.15) is 0 Å². The Labute approximate surface area is 250 Å². The van der Waals surface area contributed by atoms with Crippen molar-refractivity contribution in [2.24, 2.45) is 17.6 Å². The van der Waals surface area contributed by atoms with Gasteiger partial charge in [0.1, 0.15) is 30.3 Å². The molecule has 5 rings (SSSR count). The van der Waals surface area contributed by atoms with E-state index < -0.39 is 30.9 Å². The van der Waals surface area contributed by atoms with Gasteiger partial charge < -0.3 is 46.3 Å². The number of fused-ring (bicyclic) bond motifs is 1. The van der Waals surface area contributed by atoms with Gasteiger partial charge in [0.05, 0.1) is 23.7 Å². The summed E-state index contributed by atoms with van der Waals surface area (Å²) in [5.41, 5.74) is 10.4. The molecule has 0 amide bonds. The van der Waals surface area contributed by atoms with E-state index in [9.17, 15) is 23.4 Å². The lowest BCUT2D eigenvalue weighted by Gasteiger charge is -2.42. The molecular weight excluding hydrogens is 565 g/mol. The third-order valence-electron chi connectivity index (χ3n) is 9.29. The first kappa shape index (κ1) is 31.6. The predicted octanol–water partition coefficient (Wildman–Crippen LogP) is 2.74. The van der Waals surface area contributed by atoms with Crippen LogP contribution < -0.4 is 26.4 Å². The molecule has 13 heteroatoms. The molecule has 1 aromatic rings. The summed E-state index contributed by atoms with van der Waals surface area (Å²) in [5, 5.41) is 31.7. The van der Waals surface area contributed by atoms with Crippen LogP contribution >= 0.6 is 0 Å². The monoisotopic (exact) mass is 608 g/mol. The van der Waals surface area contributed by atoms with E-state index in [-0.39, 0.29) is 30.0 Å². The van der Waals surface area contributed by atoms with Crippen molar-refractivity contribution in [3.05, 3.63) is 49.4 Å². The fraction of sp³-hybridized carbons (Fsp3) is 0.633. The average Bonchev–Trinajstić information content (AvgIpc) is 3.59. The smallest absolute Gasteiger partial charge is 0.406 e. The van der Waals surface area contributed by atoms with Crippen LogP contribution in [0.4, 0.5) is 24.5 Å².